The molecule has 1 nitrogen and oxygen atoms in total. The first-order valence-electron chi connectivity index (χ1n) is 5.67. The first-order chi connectivity index (χ1) is 7.09. The van der Waals surface area contributed by atoms with Gasteiger partial charge >= 0.3 is 0 Å². The predicted octanol–water partition coefficient (Wildman–Crippen LogP) is 4.24. The molecule has 0 spiro atoms. The Kier molecular flexibility index (Phi) is 2.56. The molecule has 0 radical (unpaired) electrons. The standard InChI is InChI=1S/C14H19N/c1-9(2)11(4)13-8-15-14-7-10(3)5-6-12(13)14/h5-9,11,15H,1-4H3. The molecule has 1 atom stereocenters. The molecule has 1 unspecified atom stereocenters. The number of rotatable bonds is 2. The molecule has 0 aliphatic rings. The number of aryl methyl sites for hydroxylation is 1. The maximum absolute atomic E-state index is 3.36. The molecule has 1 N–H and O–H groups in total. The molecule has 0 aliphatic heterocycles. The fraction of sp³-hybridized carbons (Fsp3) is 0.429. The Morgan fingerprint density at radius 3 is 2.53 bits per heavy atom. The molecular weight excluding hydrogens is 182 g/mol. The molecule has 1 heteroatoms. The van der Waals surface area contributed by atoms with Crippen LogP contribution in [0, 0.1) is 12.8 Å². The van der Waals surface area contributed by atoms with Crippen molar-refractivity contribution in [1.82, 2.24) is 4.98 Å². The highest BCUT2D eigenvalue weighted by molar-refractivity contribution is 5.84. The normalized spacial score (nSPS) is 13.7. The lowest BCUT2D eigenvalue weighted by molar-refractivity contribution is 0.538. The van der Waals surface area contributed by atoms with Crippen LogP contribution in [0.25, 0.3) is 10.9 Å². The van der Waals surface area contributed by atoms with E-state index in [1.54, 1.807) is 0 Å². The molecule has 2 rings (SSSR count). The van der Waals surface area contributed by atoms with E-state index >= 15 is 0 Å². The minimum Gasteiger partial charge on any atom is -0.361 e. The summed E-state index contributed by atoms with van der Waals surface area (Å²) < 4.78 is 0. The van der Waals surface area contributed by atoms with Crippen molar-refractivity contribution in [3.05, 3.63) is 35.5 Å². The summed E-state index contributed by atoms with van der Waals surface area (Å²) in [6.07, 6.45) is 2.16. The molecule has 1 aromatic heterocycles. The van der Waals surface area contributed by atoms with E-state index < -0.39 is 0 Å². The zero-order chi connectivity index (χ0) is 11.0. The molecule has 0 aliphatic carbocycles. The summed E-state index contributed by atoms with van der Waals surface area (Å²) in [5.41, 5.74) is 4.02. The SMILES string of the molecule is Cc1ccc2c(C(C)C(C)C)c[nH]c2c1. The van der Waals surface area contributed by atoms with Crippen LogP contribution in [0.15, 0.2) is 24.4 Å². The molecule has 0 amide bonds. The Morgan fingerprint density at radius 1 is 1.13 bits per heavy atom. The van der Waals surface area contributed by atoms with E-state index in [1.807, 2.05) is 0 Å². The molecule has 15 heavy (non-hydrogen) atoms. The average Bonchev–Trinajstić information content (AvgIpc) is 2.59. The minimum atomic E-state index is 0.612. The van der Waals surface area contributed by atoms with E-state index in [1.165, 1.54) is 22.0 Å². The van der Waals surface area contributed by atoms with Crippen molar-refractivity contribution < 1.29 is 0 Å². The van der Waals surface area contributed by atoms with Gasteiger partial charge in [-0.1, -0.05) is 32.9 Å². The Balaban J connectivity index is 2.54. The second-order valence-corrected chi connectivity index (χ2v) is 4.83. The number of aromatic nitrogens is 1. The molecule has 2 aromatic rings. The summed E-state index contributed by atoms with van der Waals surface area (Å²) in [6, 6.07) is 6.63. The number of nitrogens with one attached hydrogen (secondary N) is 1. The summed E-state index contributed by atoms with van der Waals surface area (Å²) in [7, 11) is 0. The maximum Gasteiger partial charge on any atom is 0.0459 e. The van der Waals surface area contributed by atoms with Crippen LogP contribution >= 0.6 is 0 Å². The van der Waals surface area contributed by atoms with Crippen molar-refractivity contribution in [1.29, 1.82) is 0 Å². The van der Waals surface area contributed by atoms with Crippen LogP contribution in [0.3, 0.4) is 0 Å². The minimum absolute atomic E-state index is 0.612. The van der Waals surface area contributed by atoms with Crippen LogP contribution in [0.1, 0.15) is 37.8 Å². The topological polar surface area (TPSA) is 15.8 Å². The van der Waals surface area contributed by atoms with E-state index in [4.69, 9.17) is 0 Å². The number of fused-ring (bicyclic) bond motifs is 1. The van der Waals surface area contributed by atoms with Gasteiger partial charge in [0.2, 0.25) is 0 Å². The van der Waals surface area contributed by atoms with Crippen molar-refractivity contribution in [2.45, 2.75) is 33.6 Å². The summed E-state index contributed by atoms with van der Waals surface area (Å²) in [4.78, 5) is 3.36. The number of benzene rings is 1. The monoisotopic (exact) mass is 201 g/mol. The van der Waals surface area contributed by atoms with Crippen molar-refractivity contribution in [3.8, 4) is 0 Å². The highest BCUT2D eigenvalue weighted by Crippen LogP contribution is 2.30. The molecule has 0 saturated heterocycles. The van der Waals surface area contributed by atoms with Crippen LogP contribution in [0.5, 0.6) is 0 Å². The molecule has 80 valence electrons. The Hall–Kier alpha value is -1.24. The van der Waals surface area contributed by atoms with Crippen molar-refractivity contribution in [2.24, 2.45) is 5.92 Å². The van der Waals surface area contributed by atoms with Gasteiger partial charge in [0.25, 0.3) is 0 Å². The molecule has 1 heterocycles. The van der Waals surface area contributed by atoms with Gasteiger partial charge in [-0.05, 0) is 36.0 Å². The van der Waals surface area contributed by atoms with E-state index in [2.05, 4.69) is 57.1 Å². The van der Waals surface area contributed by atoms with Crippen LogP contribution in [0.4, 0.5) is 0 Å². The predicted molar refractivity (Wildman–Crippen MR) is 66.3 cm³/mol. The van der Waals surface area contributed by atoms with Crippen molar-refractivity contribution >= 4 is 10.9 Å². The van der Waals surface area contributed by atoms with Crippen molar-refractivity contribution in [3.63, 3.8) is 0 Å². The Bertz CT molecular complexity index is 465. The third kappa shape index (κ3) is 1.79. The van der Waals surface area contributed by atoms with Crippen LogP contribution in [-0.4, -0.2) is 4.98 Å². The Morgan fingerprint density at radius 2 is 1.87 bits per heavy atom. The summed E-state index contributed by atoms with van der Waals surface area (Å²) >= 11 is 0. The fourth-order valence-electron chi connectivity index (χ4n) is 2.00. The molecule has 1 aromatic carbocycles. The molecule has 0 saturated carbocycles. The third-order valence-electron chi connectivity index (χ3n) is 3.36. The van der Waals surface area contributed by atoms with Gasteiger partial charge in [-0.3, -0.25) is 0 Å². The van der Waals surface area contributed by atoms with Crippen LogP contribution in [-0.2, 0) is 0 Å². The van der Waals surface area contributed by atoms with Gasteiger partial charge < -0.3 is 4.98 Å². The first-order valence-corrected chi connectivity index (χ1v) is 5.67. The molecular formula is C14H19N. The number of H-pyrrole nitrogens is 1. The second-order valence-electron chi connectivity index (χ2n) is 4.83. The van der Waals surface area contributed by atoms with Crippen LogP contribution < -0.4 is 0 Å². The van der Waals surface area contributed by atoms with Gasteiger partial charge in [-0.15, -0.1) is 0 Å². The highest BCUT2D eigenvalue weighted by atomic mass is 14.7. The van der Waals surface area contributed by atoms with Gasteiger partial charge in [-0.25, -0.2) is 0 Å². The van der Waals surface area contributed by atoms with E-state index in [-0.39, 0.29) is 0 Å². The smallest absolute Gasteiger partial charge is 0.0459 e. The van der Waals surface area contributed by atoms with Gasteiger partial charge in [0, 0.05) is 17.1 Å². The largest absolute Gasteiger partial charge is 0.361 e. The lowest BCUT2D eigenvalue weighted by Gasteiger charge is -2.14. The summed E-state index contributed by atoms with van der Waals surface area (Å²) in [6.45, 7) is 8.98. The quantitative estimate of drug-likeness (QED) is 0.748. The number of aromatic amines is 1. The zero-order valence-electron chi connectivity index (χ0n) is 9.96. The van der Waals surface area contributed by atoms with Gasteiger partial charge in [0.05, 0.1) is 0 Å². The lowest BCUT2D eigenvalue weighted by Crippen LogP contribution is -2.00. The van der Waals surface area contributed by atoms with Gasteiger partial charge in [-0.2, -0.15) is 0 Å². The highest BCUT2D eigenvalue weighted by Gasteiger charge is 2.14. The molecule has 0 bridgehead atoms. The zero-order valence-corrected chi connectivity index (χ0v) is 9.96. The van der Waals surface area contributed by atoms with Crippen molar-refractivity contribution in [2.75, 3.05) is 0 Å². The summed E-state index contributed by atoms with van der Waals surface area (Å²) in [5, 5.41) is 1.38. The molecule has 0 fully saturated rings. The number of hydrogen-bond donors (Lipinski definition) is 1. The third-order valence-corrected chi connectivity index (χ3v) is 3.36. The fourth-order valence-corrected chi connectivity index (χ4v) is 2.00. The van der Waals surface area contributed by atoms with E-state index in [9.17, 15) is 0 Å². The van der Waals surface area contributed by atoms with E-state index in [0.717, 1.165) is 0 Å². The second kappa shape index (κ2) is 3.73. The Labute approximate surface area is 91.5 Å². The van der Waals surface area contributed by atoms with Crippen LogP contribution in [0.2, 0.25) is 0 Å². The lowest BCUT2D eigenvalue weighted by atomic mass is 9.90. The first kappa shape index (κ1) is 10.3. The van der Waals surface area contributed by atoms with E-state index in [0.29, 0.717) is 11.8 Å². The van der Waals surface area contributed by atoms with Gasteiger partial charge in [0.1, 0.15) is 0 Å². The average molecular weight is 201 g/mol. The summed E-state index contributed by atoms with van der Waals surface area (Å²) in [5.74, 6) is 1.30. The number of hydrogen-bond acceptors (Lipinski definition) is 0. The maximum atomic E-state index is 3.36. The van der Waals surface area contributed by atoms with Gasteiger partial charge in [0.15, 0.2) is 0 Å².